The molecule has 0 atom stereocenters. The van der Waals surface area contributed by atoms with E-state index in [0.29, 0.717) is 12.1 Å². The van der Waals surface area contributed by atoms with Crippen molar-refractivity contribution in [2.24, 2.45) is 0 Å². The monoisotopic (exact) mass is 242 g/mol. The normalized spacial score (nSPS) is 17.2. The Morgan fingerprint density at radius 2 is 1.88 bits per heavy atom. The van der Waals surface area contributed by atoms with Gasteiger partial charge in [-0.2, -0.15) is 0 Å². The highest BCUT2D eigenvalue weighted by atomic mass is 16.6. The van der Waals surface area contributed by atoms with Crippen LogP contribution in [0.5, 0.6) is 0 Å². The Hall–Kier alpha value is -0.770. The molecule has 0 aromatic carbocycles. The smallest absolute Gasteiger partial charge is 0.410 e. The summed E-state index contributed by atoms with van der Waals surface area (Å²) in [5, 5.41) is 3.55. The van der Waals surface area contributed by atoms with Crippen LogP contribution >= 0.6 is 0 Å². The van der Waals surface area contributed by atoms with Crippen molar-refractivity contribution in [2.75, 3.05) is 13.1 Å². The molecule has 0 saturated carbocycles. The van der Waals surface area contributed by atoms with Crippen LogP contribution in [0.15, 0.2) is 0 Å². The van der Waals surface area contributed by atoms with E-state index >= 15 is 0 Å². The largest absolute Gasteiger partial charge is 0.444 e. The van der Waals surface area contributed by atoms with Gasteiger partial charge in [-0.1, -0.05) is 13.8 Å². The van der Waals surface area contributed by atoms with E-state index in [0.717, 1.165) is 25.9 Å². The molecule has 0 unspecified atom stereocenters. The maximum atomic E-state index is 11.7. The summed E-state index contributed by atoms with van der Waals surface area (Å²) in [6.45, 7) is 11.6. The third-order valence-corrected chi connectivity index (χ3v) is 2.99. The fourth-order valence-corrected chi connectivity index (χ4v) is 1.92. The molecule has 1 heterocycles. The average Bonchev–Trinajstić information content (AvgIpc) is 2.13. The zero-order valence-corrected chi connectivity index (χ0v) is 11.7. The minimum atomic E-state index is -0.398. The lowest BCUT2D eigenvalue weighted by Gasteiger charge is -2.41. The molecule has 17 heavy (non-hydrogen) atoms. The second-order valence-electron chi connectivity index (χ2n) is 5.76. The van der Waals surface area contributed by atoms with Gasteiger partial charge < -0.3 is 15.0 Å². The number of amides is 1. The van der Waals surface area contributed by atoms with Crippen LogP contribution in [0.3, 0.4) is 0 Å². The molecule has 1 fully saturated rings. The summed E-state index contributed by atoms with van der Waals surface area (Å²) < 4.78 is 5.31. The van der Waals surface area contributed by atoms with Crippen LogP contribution in [0, 0.1) is 0 Å². The molecule has 1 aliphatic heterocycles. The van der Waals surface area contributed by atoms with Gasteiger partial charge in [0.05, 0.1) is 0 Å². The molecule has 0 aromatic rings. The lowest BCUT2D eigenvalue weighted by molar-refractivity contribution is 0.00406. The molecule has 0 radical (unpaired) electrons. The maximum absolute atomic E-state index is 11.7. The molecule has 1 saturated heterocycles. The molecule has 100 valence electrons. The Bertz CT molecular complexity index is 251. The van der Waals surface area contributed by atoms with E-state index in [2.05, 4.69) is 19.2 Å². The third-order valence-electron chi connectivity index (χ3n) is 2.99. The number of rotatable bonds is 4. The Kier molecular flexibility index (Phi) is 4.80. The van der Waals surface area contributed by atoms with Crippen molar-refractivity contribution in [3.8, 4) is 0 Å². The summed E-state index contributed by atoms with van der Waals surface area (Å²) in [6.07, 6.45) is 2.08. The highest BCUT2D eigenvalue weighted by molar-refractivity contribution is 5.69. The fraction of sp³-hybridized carbons (Fsp3) is 0.923. The van der Waals surface area contributed by atoms with Crippen molar-refractivity contribution in [3.63, 3.8) is 0 Å². The Morgan fingerprint density at radius 3 is 2.29 bits per heavy atom. The van der Waals surface area contributed by atoms with E-state index in [1.54, 1.807) is 4.90 Å². The van der Waals surface area contributed by atoms with Gasteiger partial charge in [0.15, 0.2) is 0 Å². The van der Waals surface area contributed by atoms with E-state index in [4.69, 9.17) is 4.74 Å². The standard InChI is InChI=1S/C13H26N2O2/c1-6-10(7-2)14-11-8-15(9-11)12(16)17-13(3,4)5/h10-11,14H,6-9H2,1-5H3. The first kappa shape index (κ1) is 14.3. The number of carbonyl (C=O) groups is 1. The molecule has 4 nitrogen and oxygen atoms in total. The van der Waals surface area contributed by atoms with Crippen molar-refractivity contribution in [2.45, 2.75) is 65.1 Å². The number of likely N-dealkylation sites (tertiary alicyclic amines) is 1. The Labute approximate surface area is 105 Å². The van der Waals surface area contributed by atoms with Crippen molar-refractivity contribution in [1.29, 1.82) is 0 Å². The first-order valence-electron chi connectivity index (χ1n) is 6.59. The molecule has 0 spiro atoms. The summed E-state index contributed by atoms with van der Waals surface area (Å²) in [5.41, 5.74) is -0.398. The summed E-state index contributed by atoms with van der Waals surface area (Å²) in [7, 11) is 0. The van der Waals surface area contributed by atoms with Crippen LogP contribution in [0.2, 0.25) is 0 Å². The molecular weight excluding hydrogens is 216 g/mol. The highest BCUT2D eigenvalue weighted by Crippen LogP contribution is 2.16. The maximum Gasteiger partial charge on any atom is 0.410 e. The second kappa shape index (κ2) is 5.71. The van der Waals surface area contributed by atoms with E-state index < -0.39 is 5.60 Å². The first-order chi connectivity index (χ1) is 7.85. The van der Waals surface area contributed by atoms with Gasteiger partial charge in [0.2, 0.25) is 0 Å². The van der Waals surface area contributed by atoms with Crippen LogP contribution in [-0.4, -0.2) is 41.8 Å². The number of hydrogen-bond acceptors (Lipinski definition) is 3. The molecule has 4 heteroatoms. The highest BCUT2D eigenvalue weighted by Gasteiger charge is 2.34. The molecule has 1 amide bonds. The zero-order chi connectivity index (χ0) is 13.1. The Morgan fingerprint density at radius 1 is 1.35 bits per heavy atom. The third kappa shape index (κ3) is 4.54. The van der Waals surface area contributed by atoms with E-state index in [-0.39, 0.29) is 6.09 Å². The van der Waals surface area contributed by atoms with Crippen LogP contribution in [0.1, 0.15) is 47.5 Å². The van der Waals surface area contributed by atoms with Crippen LogP contribution in [-0.2, 0) is 4.74 Å². The van der Waals surface area contributed by atoms with Gasteiger partial charge >= 0.3 is 6.09 Å². The molecule has 0 aromatic heterocycles. The number of ether oxygens (including phenoxy) is 1. The van der Waals surface area contributed by atoms with E-state index in [9.17, 15) is 4.79 Å². The second-order valence-corrected chi connectivity index (χ2v) is 5.76. The van der Waals surface area contributed by atoms with Crippen LogP contribution < -0.4 is 5.32 Å². The molecule has 0 bridgehead atoms. The molecule has 0 aliphatic carbocycles. The van der Waals surface area contributed by atoms with Crippen molar-refractivity contribution in [3.05, 3.63) is 0 Å². The van der Waals surface area contributed by atoms with Crippen molar-refractivity contribution in [1.82, 2.24) is 10.2 Å². The van der Waals surface area contributed by atoms with Crippen LogP contribution in [0.25, 0.3) is 0 Å². The number of nitrogens with zero attached hydrogens (tertiary/aromatic N) is 1. The predicted molar refractivity (Wildman–Crippen MR) is 69.1 cm³/mol. The lowest BCUT2D eigenvalue weighted by atomic mass is 10.1. The molecular formula is C13H26N2O2. The SMILES string of the molecule is CCC(CC)NC1CN(C(=O)OC(C)(C)C)C1. The minimum Gasteiger partial charge on any atom is -0.444 e. The summed E-state index contributed by atoms with van der Waals surface area (Å²) in [5.74, 6) is 0. The zero-order valence-electron chi connectivity index (χ0n) is 11.7. The first-order valence-corrected chi connectivity index (χ1v) is 6.59. The molecule has 1 N–H and O–H groups in total. The van der Waals surface area contributed by atoms with Crippen molar-refractivity contribution < 1.29 is 9.53 Å². The van der Waals surface area contributed by atoms with Gasteiger partial charge in [-0.15, -0.1) is 0 Å². The predicted octanol–water partition coefficient (Wildman–Crippen LogP) is 2.38. The van der Waals surface area contributed by atoms with Gasteiger partial charge in [0.1, 0.15) is 5.60 Å². The van der Waals surface area contributed by atoms with Gasteiger partial charge in [0.25, 0.3) is 0 Å². The Balaban J connectivity index is 2.25. The van der Waals surface area contributed by atoms with E-state index in [1.165, 1.54) is 0 Å². The average molecular weight is 242 g/mol. The molecule has 1 rings (SSSR count). The summed E-state index contributed by atoms with van der Waals surface area (Å²) in [6, 6.07) is 1.01. The summed E-state index contributed by atoms with van der Waals surface area (Å²) >= 11 is 0. The number of hydrogen-bond donors (Lipinski definition) is 1. The summed E-state index contributed by atoms with van der Waals surface area (Å²) in [4.78, 5) is 13.4. The van der Waals surface area contributed by atoms with Gasteiger partial charge in [-0.05, 0) is 33.6 Å². The lowest BCUT2D eigenvalue weighted by Crippen LogP contribution is -2.62. The molecule has 1 aliphatic rings. The fourth-order valence-electron chi connectivity index (χ4n) is 1.92. The topological polar surface area (TPSA) is 41.6 Å². The van der Waals surface area contributed by atoms with Crippen LogP contribution in [0.4, 0.5) is 4.79 Å². The van der Waals surface area contributed by atoms with Gasteiger partial charge in [-0.25, -0.2) is 4.79 Å². The number of carbonyl (C=O) groups excluding carboxylic acids is 1. The quantitative estimate of drug-likeness (QED) is 0.823. The van der Waals surface area contributed by atoms with E-state index in [1.807, 2.05) is 20.8 Å². The minimum absolute atomic E-state index is 0.194. The van der Waals surface area contributed by atoms with Gasteiger partial charge in [-0.3, -0.25) is 0 Å². The van der Waals surface area contributed by atoms with Crippen molar-refractivity contribution >= 4 is 6.09 Å². The van der Waals surface area contributed by atoms with Gasteiger partial charge in [0, 0.05) is 25.2 Å². The number of nitrogens with one attached hydrogen (secondary N) is 1.